The van der Waals surface area contributed by atoms with Gasteiger partial charge in [0.25, 0.3) is 23.6 Å². The first-order valence-corrected chi connectivity index (χ1v) is 16.8. The van der Waals surface area contributed by atoms with Gasteiger partial charge in [-0.15, -0.1) is 0 Å². The number of carbonyl (C=O) groups is 5. The first-order chi connectivity index (χ1) is 22.4. The monoisotopic (exact) mass is 614 g/mol. The van der Waals surface area contributed by atoms with Crippen LogP contribution in [0.4, 0.5) is 0 Å². The second-order valence-corrected chi connectivity index (χ2v) is 12.9. The minimum atomic E-state index is -0.487. The summed E-state index contributed by atoms with van der Waals surface area (Å²) in [5.41, 5.74) is 1.87. The number of unbranched alkanes of at least 4 members (excludes halogenated alkanes) is 6. The molecule has 7 rings (SSSR count). The van der Waals surface area contributed by atoms with Crippen molar-refractivity contribution in [3.05, 3.63) is 70.8 Å². The highest BCUT2D eigenvalue weighted by Crippen LogP contribution is 2.46. The molecular weight excluding hydrogens is 576 g/mol. The third-order valence-corrected chi connectivity index (χ3v) is 10.2. The molecule has 5 aromatic rings. The second-order valence-electron chi connectivity index (χ2n) is 12.9. The number of fused-ring (bicyclic) bond motifs is 2. The van der Waals surface area contributed by atoms with E-state index in [4.69, 9.17) is 0 Å². The molecule has 5 aromatic carbocycles. The zero-order chi connectivity index (χ0) is 32.1. The van der Waals surface area contributed by atoms with Crippen LogP contribution in [0.25, 0.3) is 43.1 Å². The molecule has 0 fully saturated rings. The smallest absolute Gasteiger partial charge is 0.261 e. The summed E-state index contributed by atoms with van der Waals surface area (Å²) in [5.74, 6) is -1.42. The highest BCUT2D eigenvalue weighted by molar-refractivity contribution is 6.41. The number of rotatable bonds is 13. The number of imide groups is 2. The van der Waals surface area contributed by atoms with Crippen molar-refractivity contribution >= 4 is 73.0 Å². The summed E-state index contributed by atoms with van der Waals surface area (Å²) in [5, 5.41) is 6.35. The van der Waals surface area contributed by atoms with Crippen LogP contribution < -0.4 is 0 Å². The Morgan fingerprint density at radius 3 is 1.28 bits per heavy atom. The van der Waals surface area contributed by atoms with E-state index in [9.17, 15) is 24.0 Å². The predicted octanol–water partition coefficient (Wildman–Crippen LogP) is 8.44. The van der Waals surface area contributed by atoms with Crippen molar-refractivity contribution < 1.29 is 24.0 Å². The number of hydrogen-bond acceptors (Lipinski definition) is 5. The Morgan fingerprint density at radius 2 is 0.913 bits per heavy atom. The molecule has 0 atom stereocenters. The molecule has 2 aliphatic rings. The fourth-order valence-electron chi connectivity index (χ4n) is 7.92. The number of amides is 4. The summed E-state index contributed by atoms with van der Waals surface area (Å²) in [6.07, 6.45) is 10.9. The molecule has 0 unspecified atom stereocenters. The maximum absolute atomic E-state index is 14.3. The molecule has 4 amide bonds. The zero-order valence-electron chi connectivity index (χ0n) is 26.5. The number of carbonyl (C=O) groups excluding carboxylic acids is 5. The molecule has 2 heterocycles. The quantitative estimate of drug-likeness (QED) is 0.0436. The van der Waals surface area contributed by atoms with Crippen LogP contribution in [0.3, 0.4) is 0 Å². The lowest BCUT2D eigenvalue weighted by atomic mass is 9.82. The van der Waals surface area contributed by atoms with E-state index in [0.29, 0.717) is 39.3 Å². The number of hydrogen-bond donors (Lipinski definition) is 0. The molecule has 7 heteroatoms. The molecule has 0 N–H and O–H groups in total. The first kappa shape index (κ1) is 30.0. The lowest BCUT2D eigenvalue weighted by Gasteiger charge is -2.35. The van der Waals surface area contributed by atoms with Crippen LogP contribution in [0, 0.1) is 0 Å². The van der Waals surface area contributed by atoms with Crippen molar-refractivity contribution in [2.24, 2.45) is 0 Å². The fourth-order valence-corrected chi connectivity index (χ4v) is 7.92. The van der Waals surface area contributed by atoms with E-state index in [-0.39, 0.29) is 24.4 Å². The maximum Gasteiger partial charge on any atom is 0.261 e. The van der Waals surface area contributed by atoms with Gasteiger partial charge >= 0.3 is 0 Å². The Balaban J connectivity index is 1.38. The van der Waals surface area contributed by atoms with Crippen LogP contribution in [0.2, 0.25) is 0 Å². The van der Waals surface area contributed by atoms with Gasteiger partial charge in [0, 0.05) is 39.1 Å². The minimum Gasteiger partial charge on any atom is -0.301 e. The third kappa shape index (κ3) is 4.43. The maximum atomic E-state index is 14.3. The average Bonchev–Trinajstić information content (AvgIpc) is 3.07. The van der Waals surface area contributed by atoms with Gasteiger partial charge in [0.15, 0.2) is 0 Å². The van der Waals surface area contributed by atoms with Crippen LogP contribution in [-0.2, 0) is 4.79 Å². The van der Waals surface area contributed by atoms with Crippen LogP contribution in [0.1, 0.15) is 119 Å². The summed E-state index contributed by atoms with van der Waals surface area (Å²) in [7, 11) is 0. The third-order valence-electron chi connectivity index (χ3n) is 10.2. The average molecular weight is 615 g/mol. The molecule has 2 aliphatic heterocycles. The van der Waals surface area contributed by atoms with Crippen LogP contribution in [0.5, 0.6) is 0 Å². The lowest BCUT2D eigenvalue weighted by Crippen LogP contribution is -2.47. The van der Waals surface area contributed by atoms with Gasteiger partial charge in [0.2, 0.25) is 0 Å². The van der Waals surface area contributed by atoms with Crippen molar-refractivity contribution in [3.8, 4) is 0 Å². The second kappa shape index (κ2) is 11.9. The fraction of sp³-hybridized carbons (Fsp3) is 0.359. The number of nitrogens with zero attached hydrogens (tertiary/aromatic N) is 2. The van der Waals surface area contributed by atoms with Crippen molar-refractivity contribution in [1.82, 2.24) is 9.80 Å². The number of benzene rings is 5. The Hall–Kier alpha value is -4.65. The zero-order valence-corrected chi connectivity index (χ0v) is 26.5. The molecule has 0 aromatic heterocycles. The van der Waals surface area contributed by atoms with Crippen LogP contribution in [0.15, 0.2) is 48.5 Å². The number of aldehydes is 1. The summed E-state index contributed by atoms with van der Waals surface area (Å²) in [4.78, 5) is 69.0. The summed E-state index contributed by atoms with van der Waals surface area (Å²) in [6, 6.07) is 14.7. The van der Waals surface area contributed by atoms with Gasteiger partial charge in [0.05, 0.1) is 6.54 Å². The standard InChI is InChI=1S/C39H38N2O5/c1-3-5-7-9-11-23(12-10-8-6-4-2)41-38(45)30-19-15-26-24-13-17-28-34-29(37(44)40(21-22-42)36(28)43)18-14-25(32(24)34)27-16-20-31(39(41)46)35(30)33(26)27/h13-20,22-23H,3-12,21H2,1-2H3. The highest BCUT2D eigenvalue weighted by atomic mass is 16.2. The van der Waals surface area contributed by atoms with E-state index in [0.717, 1.165) is 101 Å². The predicted molar refractivity (Wildman–Crippen MR) is 181 cm³/mol. The molecule has 0 radical (unpaired) electrons. The van der Waals surface area contributed by atoms with Gasteiger partial charge in [-0.3, -0.25) is 29.0 Å². The van der Waals surface area contributed by atoms with Gasteiger partial charge < -0.3 is 4.79 Å². The molecule has 7 nitrogen and oxygen atoms in total. The molecule has 0 aliphatic carbocycles. The molecule has 0 saturated carbocycles. The topological polar surface area (TPSA) is 91.8 Å². The van der Waals surface area contributed by atoms with Crippen molar-refractivity contribution in [3.63, 3.8) is 0 Å². The summed E-state index contributed by atoms with van der Waals surface area (Å²) in [6.45, 7) is 4.07. The Labute approximate surface area is 267 Å². The Morgan fingerprint density at radius 1 is 0.522 bits per heavy atom. The molecule has 0 spiro atoms. The van der Waals surface area contributed by atoms with Gasteiger partial charge in [-0.1, -0.05) is 89.5 Å². The minimum absolute atomic E-state index is 0.130. The van der Waals surface area contributed by atoms with Gasteiger partial charge in [-0.2, -0.15) is 0 Å². The summed E-state index contributed by atoms with van der Waals surface area (Å²) < 4.78 is 0. The molecule has 234 valence electrons. The van der Waals surface area contributed by atoms with E-state index >= 15 is 0 Å². The van der Waals surface area contributed by atoms with E-state index < -0.39 is 11.8 Å². The Bertz CT molecular complexity index is 1950. The van der Waals surface area contributed by atoms with Gasteiger partial charge in [-0.05, 0) is 69.4 Å². The highest BCUT2D eigenvalue weighted by Gasteiger charge is 2.39. The van der Waals surface area contributed by atoms with Crippen molar-refractivity contribution in [1.29, 1.82) is 0 Å². The van der Waals surface area contributed by atoms with E-state index in [1.165, 1.54) is 0 Å². The van der Waals surface area contributed by atoms with Crippen LogP contribution >= 0.6 is 0 Å². The van der Waals surface area contributed by atoms with E-state index in [1.54, 1.807) is 17.0 Å². The molecule has 0 saturated heterocycles. The van der Waals surface area contributed by atoms with Crippen molar-refractivity contribution in [2.45, 2.75) is 84.1 Å². The largest absolute Gasteiger partial charge is 0.301 e. The van der Waals surface area contributed by atoms with Gasteiger partial charge in [0.1, 0.15) is 6.29 Å². The van der Waals surface area contributed by atoms with Crippen LogP contribution in [-0.4, -0.2) is 52.3 Å². The normalized spacial score (nSPS) is 14.8. The molecule has 0 bridgehead atoms. The SMILES string of the molecule is CCCCCCC(CCCCCC)N1C(=O)c2ccc3c4ccc5c6c(ccc(c7ccc(c2c37)C1=O)c64)C(=O)N(CC=O)C5=O. The van der Waals surface area contributed by atoms with E-state index in [1.807, 2.05) is 36.4 Å². The first-order valence-electron chi connectivity index (χ1n) is 16.8. The lowest BCUT2D eigenvalue weighted by molar-refractivity contribution is -0.108. The molecular formula is C39H38N2O5. The van der Waals surface area contributed by atoms with E-state index in [2.05, 4.69) is 13.8 Å². The molecule has 46 heavy (non-hydrogen) atoms. The summed E-state index contributed by atoms with van der Waals surface area (Å²) >= 11 is 0. The Kier molecular flexibility index (Phi) is 7.79. The van der Waals surface area contributed by atoms with Gasteiger partial charge in [-0.25, -0.2) is 0 Å². The van der Waals surface area contributed by atoms with Crippen molar-refractivity contribution in [2.75, 3.05) is 6.54 Å².